The van der Waals surface area contributed by atoms with Crippen LogP contribution in [0.4, 0.5) is 29.3 Å². The summed E-state index contributed by atoms with van der Waals surface area (Å²) in [6.07, 6.45) is 1.44. The second-order valence-electron chi connectivity index (χ2n) is 10.9. The van der Waals surface area contributed by atoms with E-state index in [4.69, 9.17) is 21.1 Å². The molecule has 2 aliphatic heterocycles. The largest absolute Gasteiger partial charge is 0.496 e. The third-order valence-electron chi connectivity index (χ3n) is 7.03. The van der Waals surface area contributed by atoms with Gasteiger partial charge < -0.3 is 24.6 Å². The Morgan fingerprint density at radius 1 is 1.05 bits per heavy atom. The number of ether oxygens (including phenoxy) is 2. The number of piperazine rings is 1. The molecular formula is C29H28ClF3N4O4. The third kappa shape index (κ3) is 5.50. The Balaban J connectivity index is 1.41. The van der Waals surface area contributed by atoms with E-state index in [2.05, 4.69) is 10.3 Å². The van der Waals surface area contributed by atoms with Gasteiger partial charge in [-0.3, -0.25) is 9.78 Å². The highest BCUT2D eigenvalue weighted by molar-refractivity contribution is 6.31. The summed E-state index contributed by atoms with van der Waals surface area (Å²) in [6.45, 7) is 6.25. The van der Waals surface area contributed by atoms with E-state index in [0.29, 0.717) is 25.2 Å². The summed E-state index contributed by atoms with van der Waals surface area (Å²) in [7, 11) is 1.28. The first kappa shape index (κ1) is 28.5. The topological polar surface area (TPSA) is 84.0 Å². The molecule has 2 fully saturated rings. The average molecular weight is 589 g/mol. The zero-order chi connectivity index (χ0) is 29.6. The van der Waals surface area contributed by atoms with Gasteiger partial charge in [0.1, 0.15) is 22.9 Å². The second-order valence-corrected chi connectivity index (χ2v) is 11.3. The average Bonchev–Trinajstić information content (AvgIpc) is 3.51. The van der Waals surface area contributed by atoms with E-state index in [1.165, 1.54) is 31.4 Å². The molecule has 2 aliphatic rings. The van der Waals surface area contributed by atoms with Crippen molar-refractivity contribution >= 4 is 35.0 Å². The molecule has 3 heterocycles. The Morgan fingerprint density at radius 2 is 1.80 bits per heavy atom. The van der Waals surface area contributed by atoms with E-state index in [1.807, 2.05) is 4.90 Å². The van der Waals surface area contributed by atoms with Gasteiger partial charge in [-0.05, 0) is 63.6 Å². The number of rotatable bonds is 5. The molecule has 41 heavy (non-hydrogen) atoms. The fraction of sp³-hybridized carbons (Fsp3) is 0.345. The predicted molar refractivity (Wildman–Crippen MR) is 148 cm³/mol. The van der Waals surface area contributed by atoms with Gasteiger partial charge in [-0.25, -0.2) is 18.0 Å². The number of nitrogens with one attached hydrogen (secondary N) is 1. The number of likely N-dealkylation sites (tertiary alicyclic amines) is 1. The Bertz CT molecular complexity index is 1530. The molecule has 12 heteroatoms. The minimum absolute atomic E-state index is 0.0206. The van der Waals surface area contributed by atoms with Gasteiger partial charge in [0.2, 0.25) is 0 Å². The van der Waals surface area contributed by atoms with Gasteiger partial charge in [-0.1, -0.05) is 11.6 Å². The van der Waals surface area contributed by atoms with Gasteiger partial charge in [-0.2, -0.15) is 0 Å². The van der Waals surface area contributed by atoms with E-state index >= 15 is 4.39 Å². The lowest BCUT2D eigenvalue weighted by atomic mass is 10.1. The number of amides is 2. The van der Waals surface area contributed by atoms with Gasteiger partial charge in [0.15, 0.2) is 11.6 Å². The summed E-state index contributed by atoms with van der Waals surface area (Å²) in [5, 5.41) is 2.33. The first-order valence-electron chi connectivity index (χ1n) is 12.9. The molecule has 2 aromatic carbocycles. The highest BCUT2D eigenvalue weighted by atomic mass is 35.5. The van der Waals surface area contributed by atoms with Crippen molar-refractivity contribution in [2.45, 2.75) is 44.9 Å². The van der Waals surface area contributed by atoms with E-state index in [0.717, 1.165) is 18.3 Å². The number of fused-ring (bicyclic) bond motifs is 2. The smallest absolute Gasteiger partial charge is 0.410 e. The number of halogens is 4. The fourth-order valence-corrected chi connectivity index (χ4v) is 5.43. The van der Waals surface area contributed by atoms with Crippen molar-refractivity contribution in [3.05, 3.63) is 70.6 Å². The van der Waals surface area contributed by atoms with Gasteiger partial charge >= 0.3 is 6.09 Å². The lowest BCUT2D eigenvalue weighted by Crippen LogP contribution is -2.50. The molecule has 0 spiro atoms. The maximum Gasteiger partial charge on any atom is 0.410 e. The fourth-order valence-electron chi connectivity index (χ4n) is 5.27. The number of carbonyl (C=O) groups excluding carboxylic acids is 2. The number of hydrogen-bond acceptors (Lipinski definition) is 6. The molecule has 0 unspecified atom stereocenters. The minimum atomic E-state index is -1.10. The minimum Gasteiger partial charge on any atom is -0.496 e. The molecule has 0 saturated carbocycles. The summed E-state index contributed by atoms with van der Waals surface area (Å²) in [5.41, 5.74) is -1.22. The summed E-state index contributed by atoms with van der Waals surface area (Å²) >= 11 is 5.90. The Hall–Kier alpha value is -3.99. The van der Waals surface area contributed by atoms with E-state index in [1.54, 1.807) is 25.7 Å². The van der Waals surface area contributed by atoms with Crippen molar-refractivity contribution in [2.75, 3.05) is 30.4 Å². The molecule has 0 aliphatic carbocycles. The lowest BCUT2D eigenvalue weighted by Gasteiger charge is -2.37. The lowest BCUT2D eigenvalue weighted by molar-refractivity contribution is 0.0214. The molecule has 5 rings (SSSR count). The number of hydrogen-bond donors (Lipinski definition) is 1. The van der Waals surface area contributed by atoms with Crippen LogP contribution in [0.2, 0.25) is 5.02 Å². The predicted octanol–water partition coefficient (Wildman–Crippen LogP) is 6.28. The maximum absolute atomic E-state index is 15.7. The van der Waals surface area contributed by atoms with Crippen LogP contribution >= 0.6 is 11.6 Å². The molecule has 1 aromatic heterocycles. The molecule has 8 nitrogen and oxygen atoms in total. The Morgan fingerprint density at radius 3 is 2.46 bits per heavy atom. The highest BCUT2D eigenvalue weighted by Crippen LogP contribution is 2.40. The Kier molecular flexibility index (Phi) is 7.50. The van der Waals surface area contributed by atoms with Crippen molar-refractivity contribution in [1.29, 1.82) is 0 Å². The monoisotopic (exact) mass is 588 g/mol. The van der Waals surface area contributed by atoms with Crippen LogP contribution in [-0.2, 0) is 4.74 Å². The second kappa shape index (κ2) is 10.8. The van der Waals surface area contributed by atoms with Crippen LogP contribution in [-0.4, -0.2) is 59.8 Å². The van der Waals surface area contributed by atoms with Crippen LogP contribution in [0.15, 0.2) is 42.6 Å². The number of carbonyl (C=O) groups is 2. The van der Waals surface area contributed by atoms with E-state index < -0.39 is 46.3 Å². The first-order chi connectivity index (χ1) is 19.4. The normalized spacial score (nSPS) is 18.0. The number of methoxy groups -OCH3 is 1. The van der Waals surface area contributed by atoms with Crippen LogP contribution in [0.1, 0.15) is 37.6 Å². The number of nitrogens with zero attached hydrogens (tertiary/aromatic N) is 3. The van der Waals surface area contributed by atoms with Gasteiger partial charge in [-0.15, -0.1) is 0 Å². The highest BCUT2D eigenvalue weighted by Gasteiger charge is 2.47. The summed E-state index contributed by atoms with van der Waals surface area (Å²) in [5.74, 6) is -3.57. The summed E-state index contributed by atoms with van der Waals surface area (Å²) < 4.78 is 55.6. The van der Waals surface area contributed by atoms with E-state index in [-0.39, 0.29) is 34.1 Å². The molecule has 2 saturated heterocycles. The van der Waals surface area contributed by atoms with Crippen LogP contribution in [0.25, 0.3) is 11.3 Å². The maximum atomic E-state index is 15.7. The molecular weight excluding hydrogens is 561 g/mol. The molecule has 1 N–H and O–H groups in total. The molecule has 2 atom stereocenters. The van der Waals surface area contributed by atoms with Crippen LogP contribution in [0.3, 0.4) is 0 Å². The van der Waals surface area contributed by atoms with Crippen LogP contribution in [0.5, 0.6) is 5.75 Å². The summed E-state index contributed by atoms with van der Waals surface area (Å²) in [6, 6.07) is 7.50. The number of pyridine rings is 1. The number of aromatic nitrogens is 1. The molecule has 2 bridgehead atoms. The quantitative estimate of drug-likeness (QED) is 0.378. The third-order valence-corrected chi connectivity index (χ3v) is 7.32. The number of benzene rings is 2. The van der Waals surface area contributed by atoms with E-state index in [9.17, 15) is 18.4 Å². The van der Waals surface area contributed by atoms with Gasteiger partial charge in [0, 0.05) is 25.3 Å². The number of anilines is 2. The molecule has 3 aromatic rings. The zero-order valence-electron chi connectivity index (χ0n) is 22.8. The standard InChI is InChI=1S/C29H28ClF3N4O4/c1-29(2,3)41-28(39)37-14-16-12-17(37)13-36(16)21-7-5-15(31)11-20(21)35-27(38)18-9-10-34-26(24(18)32)23-22(40-4)8-6-19(30)25(23)33/h5-11,16-17H,12-14H2,1-4H3,(H,35,38)/t16-,17-/m1/s1. The van der Waals surface area contributed by atoms with Crippen molar-refractivity contribution in [1.82, 2.24) is 9.88 Å². The van der Waals surface area contributed by atoms with Crippen molar-refractivity contribution < 1.29 is 32.2 Å². The molecule has 2 amide bonds. The Labute approximate surface area is 240 Å². The molecule has 216 valence electrons. The van der Waals surface area contributed by atoms with Crippen molar-refractivity contribution in [3.63, 3.8) is 0 Å². The SMILES string of the molecule is COc1ccc(Cl)c(F)c1-c1nccc(C(=O)Nc2cc(F)ccc2N2C[C@H]3C[C@@H]2CN3C(=O)OC(C)(C)C)c1F. The van der Waals surface area contributed by atoms with Gasteiger partial charge in [0.25, 0.3) is 5.91 Å². The molecule has 0 radical (unpaired) electrons. The first-order valence-corrected chi connectivity index (χ1v) is 13.3. The summed E-state index contributed by atoms with van der Waals surface area (Å²) in [4.78, 5) is 33.5. The van der Waals surface area contributed by atoms with Gasteiger partial charge in [0.05, 0.1) is 40.7 Å². The van der Waals surface area contributed by atoms with Crippen LogP contribution < -0.4 is 15.0 Å². The van der Waals surface area contributed by atoms with Crippen molar-refractivity contribution in [3.8, 4) is 17.0 Å². The zero-order valence-corrected chi connectivity index (χ0v) is 23.6. The van der Waals surface area contributed by atoms with Crippen LogP contribution in [0, 0.1) is 17.5 Å². The van der Waals surface area contributed by atoms with Crippen molar-refractivity contribution in [2.24, 2.45) is 0 Å².